The number of carbonyl (C=O) groups excluding carboxylic acids is 1. The van der Waals surface area contributed by atoms with E-state index in [1.165, 1.54) is 0 Å². The number of carbonyl (C=O) groups is 1. The number of hydrogen-bond donors (Lipinski definition) is 0. The van der Waals surface area contributed by atoms with Crippen molar-refractivity contribution >= 4 is 14.3 Å². The summed E-state index contributed by atoms with van der Waals surface area (Å²) in [5.41, 5.74) is 0. The Kier molecular flexibility index (Phi) is 1.68. The summed E-state index contributed by atoms with van der Waals surface area (Å²) >= 11 is 0. The fourth-order valence-electron chi connectivity index (χ4n) is 1.08. The Bertz CT molecular complexity index is 96.4. The predicted molar refractivity (Wildman–Crippen MR) is 34.3 cm³/mol. The third-order valence-electron chi connectivity index (χ3n) is 1.62. The second kappa shape index (κ2) is 2.31. The zero-order chi connectivity index (χ0) is 5.98. The normalized spacial score (nSPS) is 30.8. The van der Waals surface area contributed by atoms with E-state index in [0.29, 0.717) is 5.92 Å². The largest absolute Gasteiger partial charge is 0.348 e. The Morgan fingerprint density at radius 2 is 2.50 bits per heavy atom. The first kappa shape index (κ1) is 5.82. The number of nitrogens with zero attached hydrogens (tertiary/aromatic N) is 1. The highest BCUT2D eigenvalue weighted by Crippen LogP contribution is 2.09. The zero-order valence-electron chi connectivity index (χ0n) is 5.13. The Morgan fingerprint density at radius 3 is 2.75 bits per heavy atom. The minimum absolute atomic E-state index is 0.319. The Morgan fingerprint density at radius 1 is 1.75 bits per heavy atom. The van der Waals surface area contributed by atoms with Crippen molar-refractivity contribution in [2.24, 2.45) is 5.92 Å². The molecule has 0 aromatic rings. The molecule has 1 heterocycles. The first-order valence-electron chi connectivity index (χ1n) is 2.97. The van der Waals surface area contributed by atoms with Crippen LogP contribution < -0.4 is 0 Å². The Balaban J connectivity index is 2.32. The molecule has 2 nitrogen and oxygen atoms in total. The maximum Gasteiger partial charge on any atom is 0.185 e. The molecular weight excluding hydrogens is 101 g/mol. The molecule has 1 unspecified atom stereocenters. The maximum atomic E-state index is 10.1. The fraction of sp³-hybridized carbons (Fsp3) is 0.800. The molecule has 0 radical (unpaired) electrons. The summed E-state index contributed by atoms with van der Waals surface area (Å²) in [4.78, 5) is 12.3. The molecule has 1 aliphatic heterocycles. The van der Waals surface area contributed by atoms with E-state index in [1.807, 2.05) is 7.98 Å². The van der Waals surface area contributed by atoms with Gasteiger partial charge in [-0.25, -0.2) is 0 Å². The van der Waals surface area contributed by atoms with Crippen molar-refractivity contribution in [1.29, 1.82) is 0 Å². The smallest absolute Gasteiger partial charge is 0.185 e. The first-order valence-corrected chi connectivity index (χ1v) is 2.97. The maximum absolute atomic E-state index is 10.1. The summed E-state index contributed by atoms with van der Waals surface area (Å²) in [5, 5.41) is 0. The topological polar surface area (TPSA) is 20.3 Å². The lowest BCUT2D eigenvalue weighted by molar-refractivity contribution is -0.110. The van der Waals surface area contributed by atoms with Gasteiger partial charge in [0, 0.05) is 5.92 Å². The van der Waals surface area contributed by atoms with Crippen molar-refractivity contribution in [2.45, 2.75) is 6.42 Å². The van der Waals surface area contributed by atoms with Gasteiger partial charge in [0.05, 0.1) is 0 Å². The van der Waals surface area contributed by atoms with Crippen LogP contribution in [0.3, 0.4) is 0 Å². The van der Waals surface area contributed by atoms with Crippen LogP contribution in [0, 0.1) is 5.92 Å². The average Bonchev–Trinajstić information content (AvgIpc) is 2.14. The minimum Gasteiger partial charge on any atom is -0.348 e. The fourth-order valence-corrected chi connectivity index (χ4v) is 1.08. The van der Waals surface area contributed by atoms with Crippen LogP contribution in [0.1, 0.15) is 6.42 Å². The molecule has 0 aromatic heterocycles. The molecule has 0 spiro atoms. The second-order valence-electron chi connectivity index (χ2n) is 2.45. The van der Waals surface area contributed by atoms with E-state index in [0.717, 1.165) is 25.8 Å². The van der Waals surface area contributed by atoms with E-state index in [9.17, 15) is 4.79 Å². The SMILES string of the molecule is BN1CCC(C=O)C1. The van der Waals surface area contributed by atoms with Gasteiger partial charge in [-0.2, -0.15) is 0 Å². The molecule has 1 rings (SSSR count). The van der Waals surface area contributed by atoms with E-state index in [1.54, 1.807) is 0 Å². The van der Waals surface area contributed by atoms with E-state index < -0.39 is 0 Å². The predicted octanol–water partition coefficient (Wildman–Crippen LogP) is -0.945. The highest BCUT2D eigenvalue weighted by molar-refractivity contribution is 6.04. The molecule has 1 saturated heterocycles. The molecule has 8 heavy (non-hydrogen) atoms. The van der Waals surface area contributed by atoms with Gasteiger partial charge in [-0.05, 0) is 19.5 Å². The summed E-state index contributed by atoms with van der Waals surface area (Å²) in [6.07, 6.45) is 2.11. The molecule has 1 atom stereocenters. The van der Waals surface area contributed by atoms with Crippen LogP contribution in [0.5, 0.6) is 0 Å². The van der Waals surface area contributed by atoms with Gasteiger partial charge in [0.2, 0.25) is 0 Å². The Hall–Kier alpha value is -0.305. The van der Waals surface area contributed by atoms with Crippen LogP contribution in [0.15, 0.2) is 0 Å². The van der Waals surface area contributed by atoms with Crippen LogP contribution in [-0.2, 0) is 4.79 Å². The van der Waals surface area contributed by atoms with Crippen LogP contribution in [0.25, 0.3) is 0 Å². The monoisotopic (exact) mass is 111 g/mol. The highest BCUT2D eigenvalue weighted by Gasteiger charge is 2.17. The lowest BCUT2D eigenvalue weighted by Gasteiger charge is -2.03. The lowest BCUT2D eigenvalue weighted by Crippen LogP contribution is -2.16. The van der Waals surface area contributed by atoms with Crippen LogP contribution in [-0.4, -0.2) is 32.2 Å². The molecule has 3 heteroatoms. The first-order chi connectivity index (χ1) is 3.83. The van der Waals surface area contributed by atoms with Crippen LogP contribution >= 0.6 is 0 Å². The van der Waals surface area contributed by atoms with Gasteiger partial charge < -0.3 is 9.61 Å². The van der Waals surface area contributed by atoms with Gasteiger partial charge >= 0.3 is 0 Å². The number of aldehydes is 1. The molecule has 0 aliphatic carbocycles. The minimum atomic E-state index is 0.319. The lowest BCUT2D eigenvalue weighted by atomic mass is 10.1. The molecule has 44 valence electrons. The summed E-state index contributed by atoms with van der Waals surface area (Å²) in [5.74, 6) is 0.319. The van der Waals surface area contributed by atoms with Gasteiger partial charge in [0.25, 0.3) is 0 Å². The van der Waals surface area contributed by atoms with Crippen molar-refractivity contribution in [3.8, 4) is 0 Å². The van der Waals surface area contributed by atoms with E-state index in [-0.39, 0.29) is 0 Å². The summed E-state index contributed by atoms with van der Waals surface area (Å²) < 4.78 is 0. The van der Waals surface area contributed by atoms with Crippen molar-refractivity contribution in [3.63, 3.8) is 0 Å². The highest BCUT2D eigenvalue weighted by atomic mass is 16.1. The van der Waals surface area contributed by atoms with Crippen molar-refractivity contribution in [3.05, 3.63) is 0 Å². The molecule has 0 saturated carbocycles. The molecular formula is C5H10BNO. The van der Waals surface area contributed by atoms with Crippen LogP contribution in [0.4, 0.5) is 0 Å². The zero-order valence-corrected chi connectivity index (χ0v) is 5.13. The van der Waals surface area contributed by atoms with Gasteiger partial charge in [-0.15, -0.1) is 0 Å². The van der Waals surface area contributed by atoms with E-state index >= 15 is 0 Å². The van der Waals surface area contributed by atoms with Crippen molar-refractivity contribution < 1.29 is 4.79 Å². The van der Waals surface area contributed by atoms with Crippen LogP contribution in [0.2, 0.25) is 0 Å². The molecule has 1 aliphatic rings. The van der Waals surface area contributed by atoms with Gasteiger partial charge in [-0.1, -0.05) is 0 Å². The molecule has 0 amide bonds. The van der Waals surface area contributed by atoms with Crippen molar-refractivity contribution in [2.75, 3.05) is 13.1 Å². The molecule has 0 bridgehead atoms. The summed E-state index contributed by atoms with van der Waals surface area (Å²) in [6.45, 7) is 2.05. The van der Waals surface area contributed by atoms with Crippen molar-refractivity contribution in [1.82, 2.24) is 4.81 Å². The van der Waals surface area contributed by atoms with E-state index in [2.05, 4.69) is 4.81 Å². The number of rotatable bonds is 1. The molecule has 0 N–H and O–H groups in total. The van der Waals surface area contributed by atoms with E-state index in [4.69, 9.17) is 0 Å². The summed E-state index contributed by atoms with van der Waals surface area (Å²) in [7, 11) is 2.05. The average molecular weight is 111 g/mol. The molecule has 1 fully saturated rings. The third kappa shape index (κ3) is 1.10. The quantitative estimate of drug-likeness (QED) is 0.321. The Labute approximate surface area is 50.3 Å². The second-order valence-corrected chi connectivity index (χ2v) is 2.45. The van der Waals surface area contributed by atoms with Gasteiger partial charge in [0.1, 0.15) is 6.29 Å². The van der Waals surface area contributed by atoms with Gasteiger partial charge in [-0.3, -0.25) is 0 Å². The van der Waals surface area contributed by atoms with Gasteiger partial charge in [0.15, 0.2) is 7.98 Å². The summed E-state index contributed by atoms with van der Waals surface area (Å²) in [6, 6.07) is 0. The third-order valence-corrected chi connectivity index (χ3v) is 1.62. The number of hydrogen-bond acceptors (Lipinski definition) is 2. The molecule has 0 aromatic carbocycles. The standard InChI is InChI=1S/C5H10BNO/c6-7-2-1-5(3-7)4-8/h4-5H,1-3,6H2.